The summed E-state index contributed by atoms with van der Waals surface area (Å²) < 4.78 is 22.9. The van der Waals surface area contributed by atoms with Crippen LogP contribution in [0.15, 0.2) is 18.2 Å². The Labute approximate surface area is 101 Å². The van der Waals surface area contributed by atoms with Gasteiger partial charge in [0.1, 0.15) is 0 Å². The maximum absolute atomic E-state index is 11.4. The zero-order valence-electron chi connectivity index (χ0n) is 9.76. The van der Waals surface area contributed by atoms with E-state index in [4.69, 9.17) is 11.5 Å². The van der Waals surface area contributed by atoms with E-state index in [1.807, 2.05) is 18.0 Å². The molecule has 94 valence electrons. The van der Waals surface area contributed by atoms with Gasteiger partial charge in [-0.25, -0.2) is 8.42 Å². The fraction of sp³-hybridized carbons (Fsp3) is 0.455. The van der Waals surface area contributed by atoms with E-state index < -0.39 is 9.84 Å². The molecule has 0 radical (unpaired) electrons. The normalized spacial score (nSPS) is 22.5. The van der Waals surface area contributed by atoms with Crippen molar-refractivity contribution >= 4 is 26.9 Å². The van der Waals surface area contributed by atoms with Crippen molar-refractivity contribution in [3.8, 4) is 0 Å². The predicted octanol–water partition coefficient (Wildman–Crippen LogP) is 0.474. The van der Waals surface area contributed by atoms with Crippen molar-refractivity contribution in [3.05, 3.63) is 18.2 Å². The van der Waals surface area contributed by atoms with Crippen molar-refractivity contribution in [1.82, 2.24) is 0 Å². The number of sulfone groups is 1. The Morgan fingerprint density at radius 3 is 2.53 bits per heavy atom. The van der Waals surface area contributed by atoms with Crippen LogP contribution in [0.2, 0.25) is 0 Å². The minimum absolute atomic E-state index is 0.0306. The third-order valence-electron chi connectivity index (χ3n) is 3.23. The molecule has 6 heteroatoms. The maximum Gasteiger partial charge on any atom is 0.152 e. The summed E-state index contributed by atoms with van der Waals surface area (Å²) in [6.45, 7) is 0. The molecule has 1 heterocycles. The fourth-order valence-corrected chi connectivity index (χ4v) is 3.85. The number of hydrogen-bond donors (Lipinski definition) is 2. The SMILES string of the molecule is CN(c1ccc(N)c(N)c1)C1CCS(=O)(=O)C1. The molecule has 1 atom stereocenters. The zero-order valence-corrected chi connectivity index (χ0v) is 10.6. The lowest BCUT2D eigenvalue weighted by molar-refractivity contribution is 0.601. The molecule has 1 aliphatic heterocycles. The van der Waals surface area contributed by atoms with Gasteiger partial charge in [-0.05, 0) is 24.6 Å². The molecule has 1 aromatic rings. The van der Waals surface area contributed by atoms with Gasteiger partial charge >= 0.3 is 0 Å². The van der Waals surface area contributed by atoms with Gasteiger partial charge in [0, 0.05) is 18.8 Å². The van der Waals surface area contributed by atoms with Crippen LogP contribution >= 0.6 is 0 Å². The second kappa shape index (κ2) is 4.10. The molecule has 1 aliphatic rings. The summed E-state index contributed by atoms with van der Waals surface area (Å²) in [6.07, 6.45) is 0.670. The molecule has 1 unspecified atom stereocenters. The third-order valence-corrected chi connectivity index (χ3v) is 4.98. The quantitative estimate of drug-likeness (QED) is 0.750. The van der Waals surface area contributed by atoms with E-state index in [2.05, 4.69) is 0 Å². The lowest BCUT2D eigenvalue weighted by atomic mass is 10.2. The highest BCUT2D eigenvalue weighted by Gasteiger charge is 2.30. The molecule has 17 heavy (non-hydrogen) atoms. The Hall–Kier alpha value is -1.43. The van der Waals surface area contributed by atoms with E-state index in [0.717, 1.165) is 5.69 Å². The van der Waals surface area contributed by atoms with E-state index in [0.29, 0.717) is 17.8 Å². The Balaban J connectivity index is 2.20. The molecule has 0 bridgehead atoms. The van der Waals surface area contributed by atoms with Crippen LogP contribution in [0.5, 0.6) is 0 Å². The van der Waals surface area contributed by atoms with Gasteiger partial charge in [0.2, 0.25) is 0 Å². The van der Waals surface area contributed by atoms with Crippen molar-refractivity contribution in [2.75, 3.05) is 34.9 Å². The Morgan fingerprint density at radius 1 is 1.29 bits per heavy atom. The minimum atomic E-state index is -2.86. The molecular weight excluding hydrogens is 238 g/mol. The van der Waals surface area contributed by atoms with Crippen molar-refractivity contribution in [2.45, 2.75) is 12.5 Å². The molecule has 1 saturated heterocycles. The van der Waals surface area contributed by atoms with E-state index >= 15 is 0 Å². The van der Waals surface area contributed by atoms with E-state index in [1.165, 1.54) is 0 Å². The van der Waals surface area contributed by atoms with Gasteiger partial charge < -0.3 is 16.4 Å². The van der Waals surface area contributed by atoms with Crippen molar-refractivity contribution in [2.24, 2.45) is 0 Å². The van der Waals surface area contributed by atoms with Crippen LogP contribution in [0.4, 0.5) is 17.1 Å². The second-order valence-electron chi connectivity index (χ2n) is 4.48. The van der Waals surface area contributed by atoms with E-state index in [9.17, 15) is 8.42 Å². The van der Waals surface area contributed by atoms with Crippen LogP contribution in [-0.2, 0) is 9.84 Å². The molecule has 1 fully saturated rings. The smallest absolute Gasteiger partial charge is 0.152 e. The topological polar surface area (TPSA) is 89.4 Å². The van der Waals surface area contributed by atoms with Gasteiger partial charge in [-0.1, -0.05) is 0 Å². The molecule has 5 nitrogen and oxygen atoms in total. The zero-order chi connectivity index (χ0) is 12.6. The number of nitrogen functional groups attached to an aromatic ring is 2. The third kappa shape index (κ3) is 2.46. The summed E-state index contributed by atoms with van der Waals surface area (Å²) >= 11 is 0. The number of nitrogens with two attached hydrogens (primary N) is 2. The van der Waals surface area contributed by atoms with E-state index in [1.54, 1.807) is 12.1 Å². The monoisotopic (exact) mass is 255 g/mol. The average Bonchev–Trinajstić information content (AvgIpc) is 2.62. The minimum Gasteiger partial charge on any atom is -0.397 e. The fourth-order valence-electron chi connectivity index (χ4n) is 2.07. The molecule has 1 aromatic carbocycles. The van der Waals surface area contributed by atoms with Crippen molar-refractivity contribution in [1.29, 1.82) is 0 Å². The highest BCUT2D eigenvalue weighted by Crippen LogP contribution is 2.26. The number of anilines is 3. The molecule has 4 N–H and O–H groups in total. The Bertz CT molecular complexity index is 528. The number of hydrogen-bond acceptors (Lipinski definition) is 5. The predicted molar refractivity (Wildman–Crippen MR) is 70.7 cm³/mol. The molecule has 2 rings (SSSR count). The Morgan fingerprint density at radius 2 is 2.00 bits per heavy atom. The maximum atomic E-state index is 11.4. The van der Waals surface area contributed by atoms with Crippen LogP contribution in [-0.4, -0.2) is 33.0 Å². The van der Waals surface area contributed by atoms with Gasteiger partial charge in [0.25, 0.3) is 0 Å². The lowest BCUT2D eigenvalue weighted by Crippen LogP contribution is -2.32. The summed E-state index contributed by atoms with van der Waals surface area (Å²) in [5, 5.41) is 0. The highest BCUT2D eigenvalue weighted by molar-refractivity contribution is 7.91. The summed E-state index contributed by atoms with van der Waals surface area (Å²) in [5.74, 6) is 0.486. The van der Waals surface area contributed by atoms with Gasteiger partial charge in [-0.2, -0.15) is 0 Å². The van der Waals surface area contributed by atoms with Crippen molar-refractivity contribution in [3.63, 3.8) is 0 Å². The molecule has 0 spiro atoms. The van der Waals surface area contributed by atoms with Crippen LogP contribution in [0.3, 0.4) is 0 Å². The first-order valence-corrected chi connectivity index (χ1v) is 7.29. The molecule has 0 aliphatic carbocycles. The first kappa shape index (κ1) is 12.0. The van der Waals surface area contributed by atoms with Gasteiger partial charge in [0.05, 0.1) is 22.9 Å². The molecule has 0 saturated carbocycles. The van der Waals surface area contributed by atoms with Crippen LogP contribution in [0, 0.1) is 0 Å². The first-order valence-electron chi connectivity index (χ1n) is 5.47. The van der Waals surface area contributed by atoms with Crippen molar-refractivity contribution < 1.29 is 8.42 Å². The number of rotatable bonds is 2. The van der Waals surface area contributed by atoms with E-state index in [-0.39, 0.29) is 17.5 Å². The summed E-state index contributed by atoms with van der Waals surface area (Å²) in [5.41, 5.74) is 13.4. The average molecular weight is 255 g/mol. The van der Waals surface area contributed by atoms with Gasteiger partial charge in [-0.3, -0.25) is 0 Å². The van der Waals surface area contributed by atoms with Gasteiger partial charge in [-0.15, -0.1) is 0 Å². The largest absolute Gasteiger partial charge is 0.397 e. The first-order chi connectivity index (χ1) is 7.89. The molecule has 0 amide bonds. The summed E-state index contributed by atoms with van der Waals surface area (Å²) in [7, 11) is -0.979. The van der Waals surface area contributed by atoms with Crippen LogP contribution in [0.25, 0.3) is 0 Å². The van der Waals surface area contributed by atoms with Gasteiger partial charge in [0.15, 0.2) is 9.84 Å². The lowest BCUT2D eigenvalue weighted by Gasteiger charge is -2.26. The number of benzene rings is 1. The summed E-state index contributed by atoms with van der Waals surface area (Å²) in [4.78, 5) is 1.96. The molecule has 0 aromatic heterocycles. The second-order valence-corrected chi connectivity index (χ2v) is 6.71. The Kier molecular flexibility index (Phi) is 2.91. The standard InChI is InChI=1S/C11H17N3O2S/c1-14(9-4-5-17(15,16)7-9)8-2-3-10(12)11(13)6-8/h2-3,6,9H,4-5,7,12-13H2,1H3. The van der Waals surface area contributed by atoms with Crippen LogP contribution < -0.4 is 16.4 Å². The van der Waals surface area contributed by atoms with Crippen LogP contribution in [0.1, 0.15) is 6.42 Å². The highest BCUT2D eigenvalue weighted by atomic mass is 32.2. The molecular formula is C11H17N3O2S. The number of nitrogens with zero attached hydrogens (tertiary/aromatic N) is 1. The summed E-state index contributed by atoms with van der Waals surface area (Å²) in [6, 6.07) is 5.41.